The molecule has 0 amide bonds. The highest BCUT2D eigenvalue weighted by atomic mass is 79.9. The van der Waals surface area contributed by atoms with Crippen molar-refractivity contribution in [2.24, 2.45) is 0 Å². The molecule has 0 unspecified atom stereocenters. The van der Waals surface area contributed by atoms with Crippen LogP contribution in [-0.4, -0.2) is 76.7 Å². The van der Waals surface area contributed by atoms with Crippen LogP contribution in [0.25, 0.3) is 22.3 Å². The first kappa shape index (κ1) is 45.3. The molecule has 0 aliphatic carbocycles. The molecule has 1 saturated heterocycles. The Bertz CT molecular complexity index is 1930. The number of piperidine rings is 1. The molecule has 2 aromatic heterocycles. The molecule has 1 aliphatic rings. The van der Waals surface area contributed by atoms with Crippen molar-refractivity contribution in [3.05, 3.63) is 101 Å². The summed E-state index contributed by atoms with van der Waals surface area (Å²) in [5, 5.41) is 0. The van der Waals surface area contributed by atoms with Gasteiger partial charge in [0.1, 0.15) is 0 Å². The Labute approximate surface area is 350 Å². The minimum Gasteiger partial charge on any atom is -0.493 e. The summed E-state index contributed by atoms with van der Waals surface area (Å²) in [6.07, 6.45) is 9.70. The zero-order valence-corrected chi connectivity index (χ0v) is 35.8. The van der Waals surface area contributed by atoms with Gasteiger partial charge in [-0.15, -0.1) is 37.2 Å². The Morgan fingerprint density at radius 2 is 1.02 bits per heavy atom. The van der Waals surface area contributed by atoms with Crippen molar-refractivity contribution in [2.75, 3.05) is 60.6 Å². The van der Waals surface area contributed by atoms with E-state index < -0.39 is 0 Å². The maximum atomic E-state index is 5.62. The van der Waals surface area contributed by atoms with Gasteiger partial charge in [0, 0.05) is 78.3 Å². The highest BCUT2D eigenvalue weighted by molar-refractivity contribution is 9.10. The first-order chi connectivity index (χ1) is 25.4. The third-order valence-electron chi connectivity index (χ3n) is 9.50. The van der Waals surface area contributed by atoms with Crippen molar-refractivity contribution in [3.8, 4) is 56.8 Å². The number of halogens is 4. The first-order valence-electron chi connectivity index (χ1n) is 17.1. The van der Waals surface area contributed by atoms with E-state index in [1.54, 1.807) is 42.7 Å². The molecule has 0 bridgehead atoms. The first-order valence-corrected chi connectivity index (χ1v) is 17.9. The largest absolute Gasteiger partial charge is 0.493 e. The van der Waals surface area contributed by atoms with E-state index in [0.29, 0.717) is 40.5 Å². The lowest BCUT2D eigenvalue weighted by Gasteiger charge is -2.40. The lowest BCUT2D eigenvalue weighted by molar-refractivity contribution is 0.200. The number of likely N-dealkylation sites (tertiary alicyclic amines) is 1. The summed E-state index contributed by atoms with van der Waals surface area (Å²) in [6.45, 7) is 3.47. The van der Waals surface area contributed by atoms with Gasteiger partial charge in [-0.05, 0) is 95.8 Å². The molecule has 3 heterocycles. The predicted molar refractivity (Wildman–Crippen MR) is 229 cm³/mol. The molecule has 3 aromatic carbocycles. The minimum absolute atomic E-state index is 0. The van der Waals surface area contributed by atoms with Crippen LogP contribution in [0, 0.1) is 0 Å². The summed E-state index contributed by atoms with van der Waals surface area (Å²) < 4.78 is 34.5. The monoisotopic (exact) mass is 876 g/mol. The summed E-state index contributed by atoms with van der Waals surface area (Å²) in [5.41, 5.74) is 7.32. The fraction of sp³-hybridized carbons (Fsp3) is 0.317. The van der Waals surface area contributed by atoms with Gasteiger partial charge in [-0.2, -0.15) is 0 Å². The Morgan fingerprint density at radius 3 is 1.45 bits per heavy atom. The molecule has 0 atom stereocenters. The van der Waals surface area contributed by atoms with E-state index in [2.05, 4.69) is 72.1 Å². The number of hydrogen-bond donors (Lipinski definition) is 0. The van der Waals surface area contributed by atoms with Crippen LogP contribution in [0.3, 0.4) is 0 Å². The van der Waals surface area contributed by atoms with Crippen LogP contribution >= 0.6 is 53.2 Å². The molecule has 5 aromatic rings. The topological polar surface area (TPSA) is 87.6 Å². The van der Waals surface area contributed by atoms with Gasteiger partial charge in [-0.3, -0.25) is 14.9 Å². The summed E-state index contributed by atoms with van der Waals surface area (Å²) in [7, 11) is 9.73. The molecule has 10 nitrogen and oxygen atoms in total. The lowest BCUT2D eigenvalue weighted by atomic mass is 9.99. The molecule has 296 valence electrons. The Hall–Kier alpha value is -4.13. The minimum atomic E-state index is 0. The zero-order valence-electron chi connectivity index (χ0n) is 31.7. The van der Waals surface area contributed by atoms with Gasteiger partial charge in [0.2, 0.25) is 11.5 Å². The average molecular weight is 879 g/mol. The van der Waals surface area contributed by atoms with Gasteiger partial charge in [0.05, 0.1) is 42.7 Å². The van der Waals surface area contributed by atoms with E-state index in [4.69, 9.17) is 28.4 Å². The number of aromatic nitrogens is 2. The van der Waals surface area contributed by atoms with Crippen molar-refractivity contribution in [2.45, 2.75) is 32.0 Å². The number of ether oxygens (including phenoxy) is 6. The van der Waals surface area contributed by atoms with E-state index in [0.717, 1.165) is 76.9 Å². The molecule has 14 heteroatoms. The molecule has 0 spiro atoms. The van der Waals surface area contributed by atoms with Crippen LogP contribution in [0.1, 0.15) is 24.0 Å². The molecule has 0 radical (unpaired) electrons. The maximum Gasteiger partial charge on any atom is 0.203 e. The summed E-state index contributed by atoms with van der Waals surface area (Å²) in [4.78, 5) is 14.3. The lowest BCUT2D eigenvalue weighted by Crippen LogP contribution is -2.44. The quantitative estimate of drug-likeness (QED) is 0.108. The van der Waals surface area contributed by atoms with E-state index >= 15 is 0 Å². The van der Waals surface area contributed by atoms with Gasteiger partial charge < -0.3 is 33.3 Å². The number of nitrogens with zero attached hydrogens (tertiary/aromatic N) is 4. The van der Waals surface area contributed by atoms with Crippen molar-refractivity contribution >= 4 is 58.8 Å². The number of pyridine rings is 2. The highest BCUT2D eigenvalue weighted by Gasteiger charge is 2.26. The second kappa shape index (κ2) is 21.2. The summed E-state index contributed by atoms with van der Waals surface area (Å²) in [5.74, 6) is 3.57. The number of benzene rings is 3. The van der Waals surface area contributed by atoms with Gasteiger partial charge in [0.15, 0.2) is 23.0 Å². The number of rotatable bonds is 14. The third-order valence-corrected chi connectivity index (χ3v) is 10.0. The molecule has 6 rings (SSSR count). The predicted octanol–water partition coefficient (Wildman–Crippen LogP) is 9.56. The molecule has 0 saturated carbocycles. The molecule has 0 N–H and O–H groups in total. The van der Waals surface area contributed by atoms with Crippen molar-refractivity contribution in [1.29, 1.82) is 0 Å². The normalized spacial score (nSPS) is 12.6. The second-order valence-electron chi connectivity index (χ2n) is 12.6. The molecular formula is C41H48BrCl3N4O6. The van der Waals surface area contributed by atoms with Crippen LogP contribution in [-0.2, 0) is 13.1 Å². The van der Waals surface area contributed by atoms with Crippen LogP contribution in [0.5, 0.6) is 34.5 Å². The number of hydrogen-bond acceptors (Lipinski definition) is 10. The molecular weight excluding hydrogens is 831 g/mol. The van der Waals surface area contributed by atoms with Crippen LogP contribution in [0.4, 0.5) is 5.69 Å². The van der Waals surface area contributed by atoms with Gasteiger partial charge >= 0.3 is 0 Å². The van der Waals surface area contributed by atoms with Crippen molar-refractivity contribution < 1.29 is 28.4 Å². The summed E-state index contributed by atoms with van der Waals surface area (Å²) >= 11 is 3.62. The van der Waals surface area contributed by atoms with Crippen molar-refractivity contribution in [3.63, 3.8) is 0 Å². The van der Waals surface area contributed by atoms with E-state index in [9.17, 15) is 0 Å². The van der Waals surface area contributed by atoms with E-state index in [-0.39, 0.29) is 37.2 Å². The Morgan fingerprint density at radius 1 is 0.582 bits per heavy atom. The Kier molecular flexibility index (Phi) is 17.5. The van der Waals surface area contributed by atoms with Gasteiger partial charge in [0.25, 0.3) is 0 Å². The van der Waals surface area contributed by atoms with Gasteiger partial charge in [-0.1, -0.05) is 15.9 Å². The molecule has 55 heavy (non-hydrogen) atoms. The second-order valence-corrected chi connectivity index (χ2v) is 13.5. The fourth-order valence-electron chi connectivity index (χ4n) is 6.87. The molecule has 1 fully saturated rings. The van der Waals surface area contributed by atoms with Crippen LogP contribution < -0.4 is 33.3 Å². The highest BCUT2D eigenvalue weighted by Crippen LogP contribution is 2.42. The van der Waals surface area contributed by atoms with Crippen LogP contribution in [0.15, 0.2) is 89.9 Å². The number of anilines is 1. The summed E-state index contributed by atoms with van der Waals surface area (Å²) in [6, 6.07) is 21.2. The molecule has 1 aliphatic heterocycles. The van der Waals surface area contributed by atoms with Gasteiger partial charge in [-0.25, -0.2) is 0 Å². The zero-order chi connectivity index (χ0) is 36.6. The van der Waals surface area contributed by atoms with Crippen molar-refractivity contribution in [1.82, 2.24) is 14.9 Å². The fourth-order valence-corrected chi connectivity index (χ4v) is 7.13. The number of methoxy groups -OCH3 is 6. The smallest absolute Gasteiger partial charge is 0.203 e. The standard InChI is InChI=1S/C41H45BrN4O6.3ClH/c1-47-36-17-29(18-37(48-2)40(36)51-5)31-15-27(21-43-23-31)25-45-13-11-35(12-14-45)46(34-9-7-33(42)8-10-34)26-28-16-32(24-44-22-28)30-19-38(49-3)41(52-6)39(20-30)50-4;;;/h7-10,15-24,35H,11-14,25-26H2,1-6H3;3*1H. The average Bonchev–Trinajstić information content (AvgIpc) is 3.19. The Balaban J connectivity index is 0.00000271. The van der Waals surface area contributed by atoms with Crippen LogP contribution in [0.2, 0.25) is 0 Å². The van der Waals surface area contributed by atoms with E-state index in [1.807, 2.05) is 49.1 Å². The third kappa shape index (κ3) is 10.6. The van der Waals surface area contributed by atoms with E-state index in [1.165, 1.54) is 5.69 Å². The maximum absolute atomic E-state index is 5.62. The SMILES string of the molecule is COc1cc(-c2cncc(CN3CCC(N(Cc4cncc(-c5cc(OC)c(OC)c(OC)c5)c4)c4ccc(Br)cc4)CC3)c2)cc(OC)c1OC.Cl.Cl.Cl.